The topological polar surface area (TPSA) is 31.0 Å². The van der Waals surface area contributed by atoms with Crippen LogP contribution in [0.1, 0.15) is 0 Å². The third-order valence-corrected chi connectivity index (χ3v) is 5.72. The van der Waals surface area contributed by atoms with E-state index in [0.717, 1.165) is 50.5 Å². The summed E-state index contributed by atoms with van der Waals surface area (Å²) in [6.45, 7) is 0. The Morgan fingerprint density at radius 1 is 0.531 bits per heavy atom. The van der Waals surface area contributed by atoms with Crippen molar-refractivity contribution in [3.8, 4) is 39.7 Å². The zero-order valence-electron chi connectivity index (χ0n) is 17.3. The molecule has 6 aromatic rings. The highest BCUT2D eigenvalue weighted by Crippen LogP contribution is 2.42. The van der Waals surface area contributed by atoms with Crippen molar-refractivity contribution in [3.63, 3.8) is 0 Å². The number of imidazole rings is 1. The van der Waals surface area contributed by atoms with Gasteiger partial charge in [-0.1, -0.05) is 103 Å². The molecular weight excluding hydrogens is 392 g/mol. The molecule has 2 heterocycles. The Morgan fingerprint density at radius 3 is 1.72 bits per heavy atom. The minimum Gasteiger partial charge on any atom is -0.453 e. The smallest absolute Gasteiger partial charge is 0.161 e. The largest absolute Gasteiger partial charge is 0.453 e. The lowest BCUT2D eigenvalue weighted by atomic mass is 10.0. The average Bonchev–Trinajstić information content (AvgIpc) is 3.48. The van der Waals surface area contributed by atoms with Gasteiger partial charge in [0, 0.05) is 27.6 Å². The molecule has 0 N–H and O–H groups in total. The molecule has 4 aromatic carbocycles. The maximum atomic E-state index is 6.66. The van der Waals surface area contributed by atoms with Gasteiger partial charge in [0.15, 0.2) is 5.76 Å². The molecule has 0 saturated heterocycles. The summed E-state index contributed by atoms with van der Waals surface area (Å²) in [6, 6.07) is 39.2. The van der Waals surface area contributed by atoms with Gasteiger partial charge < -0.3 is 4.42 Å². The fraction of sp³-hybridized carbons (Fsp3) is 0. The van der Waals surface area contributed by atoms with Crippen LogP contribution in [0, 0.1) is 0 Å². The Kier molecular flexibility index (Phi) is 4.43. The molecule has 0 saturated carbocycles. The van der Waals surface area contributed by atoms with Crippen LogP contribution >= 0.6 is 0 Å². The molecule has 0 fully saturated rings. The summed E-state index contributed by atoms with van der Waals surface area (Å²) < 4.78 is 8.77. The summed E-state index contributed by atoms with van der Waals surface area (Å²) in [6.07, 6.45) is 1.88. The van der Waals surface area contributed by atoms with Gasteiger partial charge in [0.2, 0.25) is 0 Å². The van der Waals surface area contributed by atoms with Crippen LogP contribution in [0.15, 0.2) is 126 Å². The van der Waals surface area contributed by atoms with Crippen molar-refractivity contribution in [2.75, 3.05) is 0 Å². The van der Waals surface area contributed by atoms with Gasteiger partial charge in [0.1, 0.15) is 17.8 Å². The highest BCUT2D eigenvalue weighted by Gasteiger charge is 2.23. The molecule has 3 nitrogen and oxygen atoms in total. The Hall–Kier alpha value is -4.37. The summed E-state index contributed by atoms with van der Waals surface area (Å²) in [5.41, 5.74) is 4.99. The highest BCUT2D eigenvalue weighted by atomic mass is 16.3. The van der Waals surface area contributed by atoms with E-state index in [1.807, 2.05) is 60.9 Å². The third-order valence-electron chi connectivity index (χ3n) is 5.72. The molecule has 152 valence electrons. The molecule has 0 spiro atoms. The van der Waals surface area contributed by atoms with Crippen LogP contribution in [-0.2, 0) is 0 Å². The molecule has 0 radical (unpaired) electrons. The van der Waals surface area contributed by atoms with Crippen LogP contribution < -0.4 is 0 Å². The monoisotopic (exact) mass is 412 g/mol. The maximum Gasteiger partial charge on any atom is 0.161 e. The molecule has 3 heteroatoms. The summed E-state index contributed by atoms with van der Waals surface area (Å²) >= 11 is 0. The first-order chi connectivity index (χ1) is 15.9. The predicted octanol–water partition coefficient (Wildman–Crippen LogP) is 7.62. The molecule has 0 amide bonds. The first-order valence-electron chi connectivity index (χ1n) is 10.7. The van der Waals surface area contributed by atoms with E-state index < -0.39 is 0 Å². The third kappa shape index (κ3) is 3.03. The number of fused-ring (bicyclic) bond motifs is 1. The number of furan rings is 1. The van der Waals surface area contributed by atoms with Gasteiger partial charge in [-0.15, -0.1) is 0 Å². The predicted molar refractivity (Wildman–Crippen MR) is 130 cm³/mol. The van der Waals surface area contributed by atoms with Crippen LogP contribution in [0.2, 0.25) is 0 Å². The Balaban J connectivity index is 1.68. The second-order valence-corrected chi connectivity index (χ2v) is 7.69. The second kappa shape index (κ2) is 7.71. The number of benzene rings is 4. The van der Waals surface area contributed by atoms with Crippen molar-refractivity contribution < 1.29 is 4.42 Å². The molecule has 2 aromatic heterocycles. The Morgan fingerprint density at radius 2 is 1.06 bits per heavy atom. The molecule has 0 aliphatic heterocycles. The van der Waals surface area contributed by atoms with Crippen LogP contribution in [-0.4, -0.2) is 9.55 Å². The first-order valence-corrected chi connectivity index (χ1v) is 10.7. The van der Waals surface area contributed by atoms with Crippen molar-refractivity contribution in [3.05, 3.63) is 122 Å². The van der Waals surface area contributed by atoms with Crippen molar-refractivity contribution in [1.82, 2.24) is 9.55 Å². The zero-order chi connectivity index (χ0) is 21.3. The van der Waals surface area contributed by atoms with Crippen LogP contribution in [0.25, 0.3) is 50.5 Å². The van der Waals surface area contributed by atoms with E-state index in [4.69, 9.17) is 9.40 Å². The quantitative estimate of drug-likeness (QED) is 0.298. The minimum atomic E-state index is 0.819. The number of nitrogens with zero attached hydrogens (tertiary/aromatic N) is 2. The molecule has 0 aliphatic rings. The van der Waals surface area contributed by atoms with Gasteiger partial charge in [-0.3, -0.25) is 4.57 Å². The van der Waals surface area contributed by atoms with E-state index in [1.165, 1.54) is 0 Å². The lowest BCUT2D eigenvalue weighted by Gasteiger charge is -2.09. The van der Waals surface area contributed by atoms with Gasteiger partial charge in [-0.05, 0) is 12.1 Å². The standard InChI is InChI=1S/C29H20N2O/c1-4-12-21(13-5-1)26-27(31(20-30-26)23-16-8-3-9-17-23)29-25-19-11-10-18-24(25)28(32-29)22-14-6-2-7-15-22/h1-20H. The number of aromatic nitrogens is 2. The summed E-state index contributed by atoms with van der Waals surface area (Å²) in [4.78, 5) is 4.83. The van der Waals surface area contributed by atoms with E-state index in [-0.39, 0.29) is 0 Å². The molecule has 6 rings (SSSR count). The van der Waals surface area contributed by atoms with E-state index >= 15 is 0 Å². The fourth-order valence-corrected chi connectivity index (χ4v) is 4.23. The molecule has 0 aliphatic carbocycles. The average molecular weight is 412 g/mol. The fourth-order valence-electron chi connectivity index (χ4n) is 4.23. The van der Waals surface area contributed by atoms with Crippen LogP contribution in [0.5, 0.6) is 0 Å². The summed E-state index contributed by atoms with van der Waals surface area (Å²) in [7, 11) is 0. The lowest BCUT2D eigenvalue weighted by Crippen LogP contribution is -1.95. The summed E-state index contributed by atoms with van der Waals surface area (Å²) in [5.74, 6) is 1.69. The van der Waals surface area contributed by atoms with Crippen molar-refractivity contribution in [2.24, 2.45) is 0 Å². The summed E-state index contributed by atoms with van der Waals surface area (Å²) in [5, 5.41) is 2.16. The molecule has 0 atom stereocenters. The van der Waals surface area contributed by atoms with Crippen LogP contribution in [0.4, 0.5) is 0 Å². The van der Waals surface area contributed by atoms with Crippen molar-refractivity contribution in [1.29, 1.82) is 0 Å². The Labute approximate surface area is 186 Å². The molecule has 0 bridgehead atoms. The zero-order valence-corrected chi connectivity index (χ0v) is 17.3. The van der Waals surface area contributed by atoms with E-state index in [0.29, 0.717) is 0 Å². The maximum absolute atomic E-state index is 6.66. The van der Waals surface area contributed by atoms with Gasteiger partial charge in [0.25, 0.3) is 0 Å². The van der Waals surface area contributed by atoms with Crippen LogP contribution in [0.3, 0.4) is 0 Å². The van der Waals surface area contributed by atoms with Gasteiger partial charge in [-0.25, -0.2) is 4.98 Å². The normalized spacial score (nSPS) is 11.1. The van der Waals surface area contributed by atoms with E-state index in [1.54, 1.807) is 0 Å². The number of hydrogen-bond acceptors (Lipinski definition) is 2. The van der Waals surface area contributed by atoms with E-state index in [2.05, 4.69) is 65.2 Å². The minimum absolute atomic E-state index is 0.819. The van der Waals surface area contributed by atoms with Gasteiger partial charge in [0.05, 0.1) is 5.69 Å². The molecular formula is C29H20N2O. The Bertz CT molecular complexity index is 1440. The van der Waals surface area contributed by atoms with Gasteiger partial charge in [-0.2, -0.15) is 0 Å². The highest BCUT2D eigenvalue weighted by molar-refractivity contribution is 6.04. The van der Waals surface area contributed by atoms with E-state index in [9.17, 15) is 0 Å². The van der Waals surface area contributed by atoms with Crippen molar-refractivity contribution >= 4 is 10.8 Å². The SMILES string of the molecule is c1ccc(-c2ncn(-c3ccccc3)c2-c2oc(-c3ccccc3)c3ccccc23)cc1. The second-order valence-electron chi connectivity index (χ2n) is 7.69. The first kappa shape index (κ1) is 18.4. The molecule has 0 unspecified atom stereocenters. The number of para-hydroxylation sites is 1. The molecule has 32 heavy (non-hydrogen) atoms. The lowest BCUT2D eigenvalue weighted by molar-refractivity contribution is 0.598. The number of rotatable bonds is 4. The van der Waals surface area contributed by atoms with Gasteiger partial charge >= 0.3 is 0 Å². The van der Waals surface area contributed by atoms with Crippen molar-refractivity contribution in [2.45, 2.75) is 0 Å². The number of hydrogen-bond donors (Lipinski definition) is 0.